The van der Waals surface area contributed by atoms with E-state index in [4.69, 9.17) is 27.6 Å². The van der Waals surface area contributed by atoms with Crippen LogP contribution < -0.4 is 5.32 Å². The molecule has 0 spiro atoms. The first-order chi connectivity index (χ1) is 13.9. The Labute approximate surface area is 174 Å². The fourth-order valence-corrected chi connectivity index (χ4v) is 3.06. The first kappa shape index (κ1) is 20.1. The Bertz CT molecular complexity index is 1160. The number of para-hydroxylation sites is 1. The molecule has 0 fully saturated rings. The summed E-state index contributed by atoms with van der Waals surface area (Å²) in [6, 6.07) is 15.4. The Hall–Kier alpha value is -3.60. The van der Waals surface area contributed by atoms with Crippen molar-refractivity contribution in [2.75, 3.05) is 5.32 Å². The largest absolute Gasteiger partial charge is 0.456 e. The van der Waals surface area contributed by atoms with Gasteiger partial charge in [-0.2, -0.15) is 5.26 Å². The number of nitro benzene ring substituents is 1. The van der Waals surface area contributed by atoms with Crippen LogP contribution in [0.5, 0.6) is 0 Å². The van der Waals surface area contributed by atoms with Gasteiger partial charge >= 0.3 is 0 Å². The average molecular weight is 428 g/mol. The van der Waals surface area contributed by atoms with Gasteiger partial charge in [-0.05, 0) is 36.4 Å². The van der Waals surface area contributed by atoms with Crippen molar-refractivity contribution in [2.24, 2.45) is 0 Å². The smallest absolute Gasteiger partial charge is 0.280 e. The Balaban J connectivity index is 1.86. The van der Waals surface area contributed by atoms with Crippen molar-refractivity contribution in [2.45, 2.75) is 0 Å². The van der Waals surface area contributed by atoms with Crippen LogP contribution in [-0.2, 0) is 4.79 Å². The molecular formula is C20H11Cl2N3O4. The van der Waals surface area contributed by atoms with Crippen LogP contribution >= 0.6 is 23.2 Å². The first-order valence-electron chi connectivity index (χ1n) is 8.10. The van der Waals surface area contributed by atoms with Crippen molar-refractivity contribution in [3.05, 3.63) is 86.1 Å². The van der Waals surface area contributed by atoms with Gasteiger partial charge < -0.3 is 9.73 Å². The number of halogens is 2. The fourth-order valence-electron chi connectivity index (χ4n) is 2.53. The number of hydrogen-bond acceptors (Lipinski definition) is 5. The number of nitro groups is 1. The molecule has 144 valence electrons. The number of hydrogen-bond donors (Lipinski definition) is 1. The number of rotatable bonds is 5. The molecule has 0 unspecified atom stereocenters. The van der Waals surface area contributed by atoms with Gasteiger partial charge in [0.1, 0.15) is 23.2 Å². The summed E-state index contributed by atoms with van der Waals surface area (Å²) in [6.45, 7) is 0. The minimum atomic E-state index is -0.686. The number of amides is 1. The van der Waals surface area contributed by atoms with Crippen molar-refractivity contribution in [1.29, 1.82) is 5.26 Å². The van der Waals surface area contributed by atoms with Crippen LogP contribution in [0.4, 0.5) is 11.4 Å². The van der Waals surface area contributed by atoms with Crippen LogP contribution in [0.15, 0.2) is 64.6 Å². The van der Waals surface area contributed by atoms with E-state index in [1.807, 2.05) is 0 Å². The summed E-state index contributed by atoms with van der Waals surface area (Å²) in [7, 11) is 0. The van der Waals surface area contributed by atoms with Crippen LogP contribution in [-0.4, -0.2) is 10.8 Å². The number of furan rings is 1. The molecule has 0 aliphatic rings. The highest BCUT2D eigenvalue weighted by Gasteiger charge is 2.18. The van der Waals surface area contributed by atoms with Gasteiger partial charge in [-0.15, -0.1) is 0 Å². The van der Waals surface area contributed by atoms with Crippen LogP contribution in [0.1, 0.15) is 5.76 Å². The van der Waals surface area contributed by atoms with E-state index in [0.29, 0.717) is 15.7 Å². The number of carbonyl (C=O) groups excluding carboxylic acids is 1. The van der Waals surface area contributed by atoms with E-state index < -0.39 is 10.8 Å². The molecule has 7 nitrogen and oxygen atoms in total. The van der Waals surface area contributed by atoms with Gasteiger partial charge in [0.25, 0.3) is 11.6 Å². The first-order valence-corrected chi connectivity index (χ1v) is 8.86. The van der Waals surface area contributed by atoms with Gasteiger partial charge in [0, 0.05) is 27.9 Å². The number of carbonyl (C=O) groups is 1. The summed E-state index contributed by atoms with van der Waals surface area (Å²) in [5.41, 5.74) is 0.264. The summed E-state index contributed by atoms with van der Waals surface area (Å²) in [5, 5.41) is 23.7. The normalized spacial score (nSPS) is 11.0. The van der Waals surface area contributed by atoms with Gasteiger partial charge in [0.2, 0.25) is 0 Å². The maximum absolute atomic E-state index is 12.4. The zero-order valence-electron chi connectivity index (χ0n) is 14.6. The second kappa shape index (κ2) is 8.61. The van der Waals surface area contributed by atoms with Gasteiger partial charge in [-0.1, -0.05) is 35.3 Å². The molecular weight excluding hydrogens is 417 g/mol. The molecule has 3 aromatic rings. The van der Waals surface area contributed by atoms with E-state index in [0.717, 1.165) is 0 Å². The van der Waals surface area contributed by atoms with Gasteiger partial charge in [-0.25, -0.2) is 0 Å². The quantitative estimate of drug-likeness (QED) is 0.242. The Morgan fingerprint density at radius 1 is 1.14 bits per heavy atom. The molecule has 0 saturated heterocycles. The highest BCUT2D eigenvalue weighted by molar-refractivity contribution is 6.35. The fraction of sp³-hybridized carbons (Fsp3) is 0. The molecule has 0 bridgehead atoms. The summed E-state index contributed by atoms with van der Waals surface area (Å²) in [4.78, 5) is 23.0. The Morgan fingerprint density at radius 3 is 2.48 bits per heavy atom. The van der Waals surface area contributed by atoms with Crippen molar-refractivity contribution < 1.29 is 14.1 Å². The number of nitrogens with one attached hydrogen (secondary N) is 1. The van der Waals surface area contributed by atoms with E-state index in [1.165, 1.54) is 42.5 Å². The van der Waals surface area contributed by atoms with E-state index in [2.05, 4.69) is 5.32 Å². The highest BCUT2D eigenvalue weighted by atomic mass is 35.5. The van der Waals surface area contributed by atoms with Crippen LogP contribution in [0.25, 0.3) is 17.4 Å². The van der Waals surface area contributed by atoms with Crippen molar-refractivity contribution in [3.63, 3.8) is 0 Å². The summed E-state index contributed by atoms with van der Waals surface area (Å²) in [6.07, 6.45) is 1.24. The predicted molar refractivity (Wildman–Crippen MR) is 109 cm³/mol. The topological polar surface area (TPSA) is 109 Å². The van der Waals surface area contributed by atoms with E-state index in [-0.39, 0.29) is 28.3 Å². The minimum absolute atomic E-state index is 0.117. The maximum atomic E-state index is 12.4. The second-order valence-electron chi connectivity index (χ2n) is 5.76. The third-order valence-corrected chi connectivity index (χ3v) is 4.20. The van der Waals surface area contributed by atoms with Crippen LogP contribution in [0, 0.1) is 21.4 Å². The van der Waals surface area contributed by atoms with Crippen molar-refractivity contribution in [1.82, 2.24) is 0 Å². The number of anilines is 1. The lowest BCUT2D eigenvalue weighted by Gasteiger charge is -2.05. The minimum Gasteiger partial charge on any atom is -0.456 e. The number of nitrogens with zero attached hydrogens (tertiary/aromatic N) is 2. The maximum Gasteiger partial charge on any atom is 0.280 e. The van der Waals surface area contributed by atoms with Crippen molar-refractivity contribution >= 4 is 46.6 Å². The standard InChI is InChI=1S/C20H11Cl2N3O4/c21-13-8-14(22)10-15(9-13)24-20(26)12(11-23)7-16-5-6-19(29-16)17-3-1-2-4-18(17)25(27)28/h1-10H,(H,24,26). The molecule has 1 amide bonds. The van der Waals surface area contributed by atoms with E-state index in [9.17, 15) is 20.2 Å². The molecule has 3 rings (SSSR count). The Kier molecular flexibility index (Phi) is 5.98. The van der Waals surface area contributed by atoms with Crippen LogP contribution in [0.3, 0.4) is 0 Å². The summed E-state index contributed by atoms with van der Waals surface area (Å²) >= 11 is 11.8. The van der Waals surface area contributed by atoms with Gasteiger partial charge in [0.15, 0.2) is 0 Å². The molecule has 0 radical (unpaired) electrons. The lowest BCUT2D eigenvalue weighted by Crippen LogP contribution is -2.13. The summed E-state index contributed by atoms with van der Waals surface area (Å²) in [5.74, 6) is -0.258. The monoisotopic (exact) mass is 427 g/mol. The summed E-state index contributed by atoms with van der Waals surface area (Å²) < 4.78 is 5.58. The molecule has 0 saturated carbocycles. The molecule has 1 heterocycles. The molecule has 2 aromatic carbocycles. The number of benzene rings is 2. The third-order valence-electron chi connectivity index (χ3n) is 3.77. The molecule has 0 atom stereocenters. The lowest BCUT2D eigenvalue weighted by molar-refractivity contribution is -0.384. The second-order valence-corrected chi connectivity index (χ2v) is 6.63. The van der Waals surface area contributed by atoms with E-state index >= 15 is 0 Å². The van der Waals surface area contributed by atoms with E-state index in [1.54, 1.807) is 24.3 Å². The molecule has 29 heavy (non-hydrogen) atoms. The average Bonchev–Trinajstić information content (AvgIpc) is 3.13. The van der Waals surface area contributed by atoms with Crippen molar-refractivity contribution in [3.8, 4) is 17.4 Å². The lowest BCUT2D eigenvalue weighted by atomic mass is 10.1. The van der Waals surface area contributed by atoms with Gasteiger partial charge in [0.05, 0.1) is 10.5 Å². The third kappa shape index (κ3) is 4.82. The molecule has 1 aromatic heterocycles. The molecule has 0 aliphatic carbocycles. The highest BCUT2D eigenvalue weighted by Crippen LogP contribution is 2.31. The molecule has 9 heteroatoms. The predicted octanol–water partition coefficient (Wildman–Crippen LogP) is 5.71. The zero-order valence-corrected chi connectivity index (χ0v) is 16.1. The number of nitriles is 1. The van der Waals surface area contributed by atoms with Gasteiger partial charge in [-0.3, -0.25) is 14.9 Å². The SMILES string of the molecule is N#CC(=Cc1ccc(-c2ccccc2[N+](=O)[O-])o1)C(=O)Nc1cc(Cl)cc(Cl)c1. The zero-order chi connectivity index (χ0) is 21.0. The molecule has 0 aliphatic heterocycles. The Morgan fingerprint density at radius 2 is 1.83 bits per heavy atom. The van der Waals surface area contributed by atoms with Crippen LogP contribution in [0.2, 0.25) is 10.0 Å². The molecule has 1 N–H and O–H groups in total.